The molecule has 0 heterocycles. The summed E-state index contributed by atoms with van der Waals surface area (Å²) in [5, 5.41) is 13.4. The average molecular weight is 293 g/mol. The van der Waals surface area contributed by atoms with E-state index in [-0.39, 0.29) is 6.10 Å². The second-order valence-corrected chi connectivity index (χ2v) is 5.69. The van der Waals surface area contributed by atoms with Crippen LogP contribution < -0.4 is 10.1 Å². The molecule has 1 aliphatic rings. The van der Waals surface area contributed by atoms with E-state index in [9.17, 15) is 5.11 Å². The Hall–Kier alpha value is -1.10. The van der Waals surface area contributed by atoms with Gasteiger partial charge in [-0.15, -0.1) is 0 Å². The third-order valence-corrected chi connectivity index (χ3v) is 4.12. The first kappa shape index (κ1) is 16.3. The Morgan fingerprint density at radius 3 is 3.00 bits per heavy atom. The number of benzene rings is 1. The molecule has 3 atom stereocenters. The summed E-state index contributed by atoms with van der Waals surface area (Å²) in [4.78, 5) is 0. The Morgan fingerprint density at radius 2 is 2.24 bits per heavy atom. The summed E-state index contributed by atoms with van der Waals surface area (Å²) >= 11 is 0. The molecule has 4 nitrogen and oxygen atoms in total. The molecule has 0 amide bonds. The maximum absolute atomic E-state index is 10.0. The molecule has 2 rings (SSSR count). The van der Waals surface area contributed by atoms with Gasteiger partial charge in [-0.05, 0) is 43.4 Å². The number of aliphatic hydroxyl groups excluding tert-OH is 1. The zero-order valence-corrected chi connectivity index (χ0v) is 13.0. The third-order valence-electron chi connectivity index (χ3n) is 4.12. The number of hydrogen-bond acceptors (Lipinski definition) is 4. The monoisotopic (exact) mass is 293 g/mol. The fraction of sp³-hybridized carbons (Fsp3) is 0.647. The second-order valence-electron chi connectivity index (χ2n) is 5.69. The van der Waals surface area contributed by atoms with Crippen molar-refractivity contribution in [3.8, 4) is 5.75 Å². The largest absolute Gasteiger partial charge is 0.491 e. The SMILES string of the molecule is CCc1cccc(OCC(O)CNC2CCCC2OC)c1. The van der Waals surface area contributed by atoms with E-state index in [0.717, 1.165) is 25.0 Å². The van der Waals surface area contributed by atoms with Gasteiger partial charge < -0.3 is 19.9 Å². The summed E-state index contributed by atoms with van der Waals surface area (Å²) in [5.41, 5.74) is 1.24. The van der Waals surface area contributed by atoms with Crippen molar-refractivity contribution in [2.24, 2.45) is 0 Å². The highest BCUT2D eigenvalue weighted by Crippen LogP contribution is 2.21. The number of nitrogens with one attached hydrogen (secondary N) is 1. The van der Waals surface area contributed by atoms with Crippen LogP contribution in [0.4, 0.5) is 0 Å². The lowest BCUT2D eigenvalue weighted by molar-refractivity contribution is 0.0687. The number of ether oxygens (including phenoxy) is 2. The summed E-state index contributed by atoms with van der Waals surface area (Å²) < 4.78 is 11.1. The smallest absolute Gasteiger partial charge is 0.119 e. The van der Waals surface area contributed by atoms with E-state index in [1.807, 2.05) is 18.2 Å². The molecule has 1 saturated carbocycles. The highest BCUT2D eigenvalue weighted by atomic mass is 16.5. The fourth-order valence-electron chi connectivity index (χ4n) is 2.84. The molecule has 3 unspecified atom stereocenters. The Kier molecular flexibility index (Phi) is 6.49. The Labute approximate surface area is 127 Å². The molecule has 0 aromatic heterocycles. The van der Waals surface area contributed by atoms with Crippen LogP contribution in [0.1, 0.15) is 31.7 Å². The van der Waals surface area contributed by atoms with Crippen LogP contribution >= 0.6 is 0 Å². The normalized spacial score (nSPS) is 23.2. The number of rotatable bonds is 8. The first-order chi connectivity index (χ1) is 10.2. The fourth-order valence-corrected chi connectivity index (χ4v) is 2.84. The van der Waals surface area contributed by atoms with E-state index >= 15 is 0 Å². The quantitative estimate of drug-likeness (QED) is 0.771. The van der Waals surface area contributed by atoms with Crippen molar-refractivity contribution < 1.29 is 14.6 Å². The van der Waals surface area contributed by atoms with Crippen molar-refractivity contribution in [1.29, 1.82) is 0 Å². The molecule has 0 saturated heterocycles. The second kappa shape index (κ2) is 8.37. The minimum Gasteiger partial charge on any atom is -0.491 e. The van der Waals surface area contributed by atoms with Crippen LogP contribution in [-0.4, -0.2) is 43.6 Å². The topological polar surface area (TPSA) is 50.7 Å². The Bertz CT molecular complexity index is 424. The van der Waals surface area contributed by atoms with Crippen LogP contribution in [0, 0.1) is 0 Å². The van der Waals surface area contributed by atoms with Gasteiger partial charge in [-0.1, -0.05) is 19.1 Å². The lowest BCUT2D eigenvalue weighted by atomic mass is 10.2. The van der Waals surface area contributed by atoms with Gasteiger partial charge in [0.2, 0.25) is 0 Å². The number of aliphatic hydroxyl groups is 1. The van der Waals surface area contributed by atoms with Gasteiger partial charge in [0.1, 0.15) is 18.5 Å². The van der Waals surface area contributed by atoms with Crippen molar-refractivity contribution in [3.63, 3.8) is 0 Å². The summed E-state index contributed by atoms with van der Waals surface area (Å²) in [5.74, 6) is 0.823. The zero-order valence-electron chi connectivity index (χ0n) is 13.0. The van der Waals surface area contributed by atoms with E-state index < -0.39 is 6.10 Å². The number of hydrogen-bond donors (Lipinski definition) is 2. The predicted octanol–water partition coefficient (Wildman–Crippen LogP) is 2.15. The van der Waals surface area contributed by atoms with Crippen molar-refractivity contribution in [2.45, 2.75) is 50.9 Å². The minimum absolute atomic E-state index is 0.277. The van der Waals surface area contributed by atoms with E-state index in [2.05, 4.69) is 18.3 Å². The van der Waals surface area contributed by atoms with Crippen LogP contribution in [0.2, 0.25) is 0 Å². The molecule has 0 radical (unpaired) electrons. The van der Waals surface area contributed by atoms with Crippen molar-refractivity contribution in [3.05, 3.63) is 29.8 Å². The van der Waals surface area contributed by atoms with E-state index in [1.165, 1.54) is 12.0 Å². The molecule has 2 N–H and O–H groups in total. The number of methoxy groups -OCH3 is 1. The summed E-state index contributed by atoms with van der Waals surface area (Å²) in [6, 6.07) is 8.37. The highest BCUT2D eigenvalue weighted by molar-refractivity contribution is 5.28. The van der Waals surface area contributed by atoms with Gasteiger partial charge in [0.25, 0.3) is 0 Å². The zero-order chi connectivity index (χ0) is 15.1. The van der Waals surface area contributed by atoms with Gasteiger partial charge in [0, 0.05) is 19.7 Å². The van der Waals surface area contributed by atoms with Crippen molar-refractivity contribution in [2.75, 3.05) is 20.3 Å². The van der Waals surface area contributed by atoms with Gasteiger partial charge in [0.05, 0.1) is 6.10 Å². The van der Waals surface area contributed by atoms with Gasteiger partial charge in [-0.2, -0.15) is 0 Å². The summed E-state index contributed by atoms with van der Waals surface area (Å²) in [6.07, 6.45) is 4.16. The van der Waals surface area contributed by atoms with Crippen LogP contribution in [0.3, 0.4) is 0 Å². The predicted molar refractivity (Wildman–Crippen MR) is 83.8 cm³/mol. The van der Waals surface area contributed by atoms with Crippen LogP contribution in [0.15, 0.2) is 24.3 Å². The molecule has 4 heteroatoms. The Morgan fingerprint density at radius 1 is 1.38 bits per heavy atom. The molecule has 1 aliphatic carbocycles. The first-order valence-corrected chi connectivity index (χ1v) is 7.89. The molecule has 0 bridgehead atoms. The van der Waals surface area contributed by atoms with Crippen LogP contribution in [0.25, 0.3) is 0 Å². The van der Waals surface area contributed by atoms with Crippen molar-refractivity contribution >= 4 is 0 Å². The lowest BCUT2D eigenvalue weighted by Gasteiger charge is -2.21. The van der Waals surface area contributed by atoms with E-state index in [1.54, 1.807) is 7.11 Å². The maximum atomic E-state index is 10.0. The molecule has 118 valence electrons. The van der Waals surface area contributed by atoms with Crippen LogP contribution in [0.5, 0.6) is 5.75 Å². The maximum Gasteiger partial charge on any atom is 0.119 e. The highest BCUT2D eigenvalue weighted by Gasteiger charge is 2.26. The minimum atomic E-state index is -0.506. The molecule has 1 fully saturated rings. The third kappa shape index (κ3) is 4.99. The molecule has 1 aromatic rings. The van der Waals surface area contributed by atoms with Gasteiger partial charge in [-0.3, -0.25) is 0 Å². The standard InChI is InChI=1S/C17H27NO3/c1-3-13-6-4-7-15(10-13)21-12-14(19)11-18-16-8-5-9-17(16)20-2/h4,6-7,10,14,16-19H,3,5,8-9,11-12H2,1-2H3. The molecule has 21 heavy (non-hydrogen) atoms. The average Bonchev–Trinajstić information content (AvgIpc) is 2.98. The molecular weight excluding hydrogens is 266 g/mol. The first-order valence-electron chi connectivity index (χ1n) is 7.89. The summed E-state index contributed by atoms with van der Waals surface area (Å²) in [7, 11) is 1.75. The van der Waals surface area contributed by atoms with Crippen molar-refractivity contribution in [1.82, 2.24) is 5.32 Å². The van der Waals surface area contributed by atoms with E-state index in [4.69, 9.17) is 9.47 Å². The molecular formula is C17H27NO3. The molecule has 0 spiro atoms. The van der Waals surface area contributed by atoms with E-state index in [0.29, 0.717) is 19.2 Å². The van der Waals surface area contributed by atoms with Crippen LogP contribution in [-0.2, 0) is 11.2 Å². The van der Waals surface area contributed by atoms with Gasteiger partial charge in [0.15, 0.2) is 0 Å². The Balaban J connectivity index is 1.70. The van der Waals surface area contributed by atoms with Gasteiger partial charge in [-0.25, -0.2) is 0 Å². The molecule has 1 aromatic carbocycles. The summed E-state index contributed by atoms with van der Waals surface area (Å²) in [6.45, 7) is 2.97. The lowest BCUT2D eigenvalue weighted by Crippen LogP contribution is -2.42. The van der Waals surface area contributed by atoms with Gasteiger partial charge >= 0.3 is 0 Å². The molecule has 0 aliphatic heterocycles. The number of aryl methyl sites for hydroxylation is 1.